The Labute approximate surface area is 245 Å². The zero-order valence-electron chi connectivity index (χ0n) is 22.3. The lowest BCUT2D eigenvalue weighted by molar-refractivity contribution is 0.669. The summed E-state index contributed by atoms with van der Waals surface area (Å²) in [5, 5.41) is 9.33. The molecule has 0 saturated carbocycles. The van der Waals surface area contributed by atoms with Crippen LogP contribution in [-0.2, 0) is 0 Å². The average Bonchev–Trinajstić information content (AvgIpc) is 3.42. The van der Waals surface area contributed by atoms with Gasteiger partial charge in [-0.1, -0.05) is 90.5 Å². The van der Waals surface area contributed by atoms with Crippen molar-refractivity contribution in [1.29, 1.82) is 0 Å². The van der Waals surface area contributed by atoms with Crippen molar-refractivity contribution in [3.8, 4) is 22.4 Å². The Morgan fingerprint density at radius 2 is 0.929 bits per heavy atom. The maximum atomic E-state index is 6.49. The number of nitrogens with zero attached hydrogens (tertiary/aromatic N) is 2. The molecule has 0 unspecified atom stereocenters. The van der Waals surface area contributed by atoms with Gasteiger partial charge in [0, 0.05) is 37.9 Å². The maximum Gasteiger partial charge on any atom is 0.137 e. The Morgan fingerprint density at radius 3 is 1.69 bits per heavy atom. The summed E-state index contributed by atoms with van der Waals surface area (Å²) in [5.41, 5.74) is 7.88. The fourth-order valence-electron chi connectivity index (χ4n) is 6.32. The molecule has 0 atom stereocenters. The highest BCUT2D eigenvalue weighted by Gasteiger charge is 2.15. The fourth-order valence-corrected chi connectivity index (χ4v) is 6.58. The third-order valence-electron chi connectivity index (χ3n) is 8.34. The Morgan fingerprint density at radius 1 is 0.405 bits per heavy atom. The van der Waals surface area contributed by atoms with Crippen LogP contribution in [0.5, 0.6) is 0 Å². The minimum Gasteiger partial charge on any atom is -0.456 e. The zero-order chi connectivity index (χ0) is 27.8. The first-order valence-corrected chi connectivity index (χ1v) is 14.3. The van der Waals surface area contributed by atoms with E-state index in [1.807, 2.05) is 24.3 Å². The minimum absolute atomic E-state index is 0.529. The summed E-state index contributed by atoms with van der Waals surface area (Å²) in [4.78, 5) is 9.77. The molecule has 0 fully saturated rings. The molecule has 9 rings (SSSR count). The molecule has 0 aliphatic rings. The van der Waals surface area contributed by atoms with Crippen LogP contribution in [0.1, 0.15) is 0 Å². The van der Waals surface area contributed by atoms with Gasteiger partial charge in [-0.2, -0.15) is 0 Å². The van der Waals surface area contributed by atoms with Crippen molar-refractivity contribution in [2.75, 3.05) is 0 Å². The van der Waals surface area contributed by atoms with Gasteiger partial charge in [-0.05, 0) is 70.4 Å². The Balaban J connectivity index is 1.24. The molecule has 0 spiro atoms. The third kappa shape index (κ3) is 3.47. The molecule has 6 aromatic carbocycles. The molecule has 0 N–H and O–H groups in total. The van der Waals surface area contributed by atoms with Gasteiger partial charge < -0.3 is 4.42 Å². The van der Waals surface area contributed by atoms with Crippen molar-refractivity contribution < 1.29 is 4.42 Å². The van der Waals surface area contributed by atoms with Gasteiger partial charge in [0.25, 0.3) is 0 Å². The van der Waals surface area contributed by atoms with Gasteiger partial charge in [0.1, 0.15) is 16.3 Å². The molecule has 9 aromatic rings. The predicted octanol–water partition coefficient (Wildman–Crippen LogP) is 11.0. The molecule has 0 radical (unpaired) electrons. The second-order valence-electron chi connectivity index (χ2n) is 10.7. The Bertz CT molecular complexity index is 2550. The van der Waals surface area contributed by atoms with Crippen molar-refractivity contribution in [3.05, 3.63) is 133 Å². The van der Waals surface area contributed by atoms with E-state index in [1.54, 1.807) is 0 Å². The number of furan rings is 1. The van der Waals surface area contributed by atoms with E-state index in [9.17, 15) is 0 Å². The van der Waals surface area contributed by atoms with Crippen molar-refractivity contribution in [2.24, 2.45) is 0 Å². The number of pyridine rings is 2. The van der Waals surface area contributed by atoms with Crippen LogP contribution in [0, 0.1) is 0 Å². The number of halogens is 1. The lowest BCUT2D eigenvalue weighted by Gasteiger charge is -2.10. The number of benzene rings is 6. The standard InChI is InChI=1S/C38H21ClN2O/c39-38-29-11-4-2-8-26(29)30-19-22(13-16-34(30)41-38)23-14-17-35-31(20-23)32-21-24(15-18-36(32)42-35)37-28-10-3-1-7-25(28)27-9-5-6-12-33(27)40-37/h1-21H. The quantitative estimate of drug-likeness (QED) is 0.157. The minimum atomic E-state index is 0.529. The number of rotatable bonds is 2. The molecule has 0 bridgehead atoms. The van der Waals surface area contributed by atoms with Crippen LogP contribution >= 0.6 is 11.6 Å². The SMILES string of the molecule is Clc1nc2ccc(-c3ccc4oc5ccc(-c6nc7ccccc7c7ccccc67)cc5c4c3)cc2c2ccccc12. The highest BCUT2D eigenvalue weighted by Crippen LogP contribution is 2.38. The Hall–Kier alpha value is -5.25. The maximum absolute atomic E-state index is 6.49. The second kappa shape index (κ2) is 8.87. The molecule has 3 heterocycles. The third-order valence-corrected chi connectivity index (χ3v) is 8.63. The lowest BCUT2D eigenvalue weighted by Crippen LogP contribution is -1.89. The summed E-state index contributed by atoms with van der Waals surface area (Å²) >= 11 is 6.49. The van der Waals surface area contributed by atoms with Crippen LogP contribution in [-0.4, -0.2) is 9.97 Å². The van der Waals surface area contributed by atoms with E-state index in [-0.39, 0.29) is 0 Å². The van der Waals surface area contributed by atoms with E-state index in [2.05, 4.69) is 108 Å². The van der Waals surface area contributed by atoms with Gasteiger partial charge >= 0.3 is 0 Å². The summed E-state index contributed by atoms with van der Waals surface area (Å²) in [7, 11) is 0. The van der Waals surface area contributed by atoms with E-state index < -0.39 is 0 Å². The van der Waals surface area contributed by atoms with Crippen molar-refractivity contribution in [2.45, 2.75) is 0 Å². The molecular weight excluding hydrogens is 536 g/mol. The van der Waals surface area contributed by atoms with Gasteiger partial charge in [0.05, 0.1) is 16.7 Å². The zero-order valence-corrected chi connectivity index (χ0v) is 23.1. The van der Waals surface area contributed by atoms with Crippen LogP contribution in [0.2, 0.25) is 5.15 Å². The molecule has 0 saturated heterocycles. The number of para-hydroxylation sites is 1. The number of hydrogen-bond acceptors (Lipinski definition) is 3. The van der Waals surface area contributed by atoms with E-state index in [4.69, 9.17) is 21.0 Å². The monoisotopic (exact) mass is 556 g/mol. The molecule has 3 nitrogen and oxygen atoms in total. The van der Waals surface area contributed by atoms with E-state index in [0.29, 0.717) is 5.15 Å². The summed E-state index contributed by atoms with van der Waals surface area (Å²) < 4.78 is 6.29. The smallest absolute Gasteiger partial charge is 0.137 e. The fraction of sp³-hybridized carbons (Fsp3) is 0. The molecule has 0 amide bonds. The molecule has 0 aliphatic heterocycles. The average molecular weight is 557 g/mol. The van der Waals surface area contributed by atoms with Crippen LogP contribution in [0.3, 0.4) is 0 Å². The van der Waals surface area contributed by atoms with E-state index in [1.165, 1.54) is 5.39 Å². The molecule has 42 heavy (non-hydrogen) atoms. The van der Waals surface area contributed by atoms with Crippen molar-refractivity contribution in [1.82, 2.24) is 9.97 Å². The highest BCUT2D eigenvalue weighted by molar-refractivity contribution is 6.35. The largest absolute Gasteiger partial charge is 0.456 e. The van der Waals surface area contributed by atoms with Crippen LogP contribution in [0.4, 0.5) is 0 Å². The van der Waals surface area contributed by atoms with Gasteiger partial charge in [-0.3, -0.25) is 0 Å². The molecule has 196 valence electrons. The first kappa shape index (κ1) is 23.5. The van der Waals surface area contributed by atoms with Crippen LogP contribution < -0.4 is 0 Å². The van der Waals surface area contributed by atoms with Gasteiger partial charge in [0.15, 0.2) is 0 Å². The normalized spacial score (nSPS) is 11.9. The highest BCUT2D eigenvalue weighted by atomic mass is 35.5. The second-order valence-corrected chi connectivity index (χ2v) is 11.1. The molecule has 3 aromatic heterocycles. The summed E-state index contributed by atoms with van der Waals surface area (Å²) in [5.74, 6) is 0. The number of hydrogen-bond donors (Lipinski definition) is 0. The van der Waals surface area contributed by atoms with Gasteiger partial charge in [0.2, 0.25) is 0 Å². The van der Waals surface area contributed by atoms with Gasteiger partial charge in [-0.25, -0.2) is 9.97 Å². The summed E-state index contributed by atoms with van der Waals surface area (Å²) in [6, 6.07) is 44.2. The van der Waals surface area contributed by atoms with E-state index in [0.717, 1.165) is 82.3 Å². The van der Waals surface area contributed by atoms with Gasteiger partial charge in [-0.15, -0.1) is 0 Å². The van der Waals surface area contributed by atoms with E-state index >= 15 is 0 Å². The van der Waals surface area contributed by atoms with Crippen molar-refractivity contribution >= 4 is 76.9 Å². The number of fused-ring (bicyclic) bond motifs is 9. The van der Waals surface area contributed by atoms with Crippen LogP contribution in [0.15, 0.2) is 132 Å². The Kier molecular flexibility index (Phi) is 4.96. The first-order valence-electron chi connectivity index (χ1n) is 13.9. The number of aromatic nitrogens is 2. The molecule has 4 heteroatoms. The first-order chi connectivity index (χ1) is 20.7. The van der Waals surface area contributed by atoms with Crippen LogP contribution in [0.25, 0.3) is 87.7 Å². The topological polar surface area (TPSA) is 38.9 Å². The summed E-state index contributed by atoms with van der Waals surface area (Å²) in [6.07, 6.45) is 0. The molecular formula is C38H21ClN2O. The molecule has 0 aliphatic carbocycles. The lowest BCUT2D eigenvalue weighted by atomic mass is 9.97. The van der Waals surface area contributed by atoms with Crippen molar-refractivity contribution in [3.63, 3.8) is 0 Å². The predicted molar refractivity (Wildman–Crippen MR) is 175 cm³/mol. The summed E-state index contributed by atoms with van der Waals surface area (Å²) in [6.45, 7) is 0.